The quantitative estimate of drug-likeness (QED) is 0.203. The van der Waals surface area contributed by atoms with Crippen LogP contribution in [0.15, 0.2) is 61.3 Å². The van der Waals surface area contributed by atoms with Crippen LogP contribution >= 0.6 is 0 Å². The molecule has 0 saturated heterocycles. The van der Waals surface area contributed by atoms with E-state index in [4.69, 9.17) is 4.55 Å². The molecule has 1 aromatic heterocycles. The maximum atomic E-state index is 11.7. The minimum Gasteiger partial charge on any atom is -0.492 e. The van der Waals surface area contributed by atoms with Crippen molar-refractivity contribution < 1.29 is 53.9 Å². The highest BCUT2D eigenvalue weighted by Crippen LogP contribution is 2.36. The van der Waals surface area contributed by atoms with Crippen LogP contribution < -0.4 is 0 Å². The molecular weight excluding hydrogens is 548 g/mol. The number of aromatic nitrogens is 2. The first-order valence-electron chi connectivity index (χ1n) is 9.06. The van der Waals surface area contributed by atoms with Gasteiger partial charge >= 0.3 is 5.97 Å². The number of nitrogens with zero attached hydrogens (tertiary/aromatic N) is 4. The maximum absolute atomic E-state index is 11.7. The second-order valence-electron chi connectivity index (χ2n) is 6.94. The summed E-state index contributed by atoms with van der Waals surface area (Å²) in [6.07, 6.45) is 0. The molecule has 3 rings (SSSR count). The molecule has 3 aromatic rings. The van der Waals surface area contributed by atoms with E-state index in [-0.39, 0.29) is 11.3 Å². The average Bonchev–Trinajstić information content (AvgIpc) is 3.06. The van der Waals surface area contributed by atoms with Crippen LogP contribution in [-0.4, -0.2) is 64.9 Å². The molecule has 16 nitrogen and oxygen atoms in total. The molecule has 19 heteroatoms. The van der Waals surface area contributed by atoms with Gasteiger partial charge < -0.3 is 10.2 Å². The number of aryl methyl sites for hydroxylation is 1. The van der Waals surface area contributed by atoms with Crippen molar-refractivity contribution in [3.63, 3.8) is 0 Å². The fourth-order valence-corrected chi connectivity index (χ4v) is 4.82. The fraction of sp³-hybridized carbons (Fsp3) is 0.0588. The summed E-state index contributed by atoms with van der Waals surface area (Å²) in [5, 5.41) is 30.5. The molecule has 0 aliphatic rings. The number of aromatic carboxylic acids is 1. The lowest BCUT2D eigenvalue weighted by Gasteiger charge is -2.07. The highest BCUT2D eigenvalue weighted by atomic mass is 32.2. The predicted octanol–water partition coefficient (Wildman–Crippen LogP) is 1.74. The Bertz CT molecular complexity index is 1740. The van der Waals surface area contributed by atoms with Gasteiger partial charge in [0.1, 0.15) is 10.6 Å². The lowest BCUT2D eigenvalue weighted by Crippen LogP contribution is -2.05. The Labute approximate surface area is 202 Å². The minimum absolute atomic E-state index is 0.0733. The van der Waals surface area contributed by atoms with E-state index in [9.17, 15) is 49.4 Å². The summed E-state index contributed by atoms with van der Waals surface area (Å²) in [6, 6.07) is 5.22. The zero-order valence-corrected chi connectivity index (χ0v) is 20.0. The van der Waals surface area contributed by atoms with E-state index in [1.807, 2.05) is 0 Å². The molecular formula is C17H14N4O12S3. The van der Waals surface area contributed by atoms with Crippen LogP contribution in [-0.2, 0) is 30.4 Å². The number of azo groups is 1. The Kier molecular flexibility index (Phi) is 6.74. The van der Waals surface area contributed by atoms with Crippen LogP contribution in [0.2, 0.25) is 0 Å². The van der Waals surface area contributed by atoms with E-state index in [0.29, 0.717) is 10.7 Å². The van der Waals surface area contributed by atoms with E-state index in [2.05, 4.69) is 15.3 Å². The van der Waals surface area contributed by atoms with Crippen molar-refractivity contribution in [2.45, 2.75) is 21.6 Å². The van der Waals surface area contributed by atoms with Gasteiger partial charge in [0.25, 0.3) is 30.4 Å². The highest BCUT2D eigenvalue weighted by Gasteiger charge is 2.26. The number of hydrogen-bond acceptors (Lipinski definition) is 11. The van der Waals surface area contributed by atoms with Crippen LogP contribution in [0.4, 0.5) is 11.4 Å². The number of hydrogen-bond donors (Lipinski definition) is 5. The molecule has 0 aliphatic heterocycles. The first-order chi connectivity index (χ1) is 16.4. The molecule has 0 aliphatic carbocycles. The standard InChI is InChI=1S/C17H14N4O12S3/c1-8-6-11(13(36(31,32)33)7-12(8)35(28,29)30)18-19-14-15(17(23)24)20-21(16(14)22)9-2-4-10(5-3-9)34(25,26)27/h2-7,22H,1H3,(H,23,24)(H,25,26,27)(H,28,29,30)(H,31,32,33)/b19-18+. The van der Waals surface area contributed by atoms with Gasteiger partial charge in [-0.25, -0.2) is 4.79 Å². The van der Waals surface area contributed by atoms with Crippen molar-refractivity contribution in [1.82, 2.24) is 9.78 Å². The van der Waals surface area contributed by atoms with Crippen molar-refractivity contribution in [3.05, 3.63) is 47.7 Å². The van der Waals surface area contributed by atoms with Crippen molar-refractivity contribution >= 4 is 47.7 Å². The first kappa shape index (κ1) is 26.8. The van der Waals surface area contributed by atoms with Crippen LogP contribution in [0.1, 0.15) is 16.1 Å². The number of carboxylic acids is 1. The molecule has 0 atom stereocenters. The van der Waals surface area contributed by atoms with E-state index >= 15 is 0 Å². The molecule has 2 aromatic carbocycles. The third-order valence-electron chi connectivity index (χ3n) is 4.49. The molecule has 0 unspecified atom stereocenters. The lowest BCUT2D eigenvalue weighted by atomic mass is 10.2. The normalized spacial score (nSPS) is 12.8. The monoisotopic (exact) mass is 562 g/mol. The summed E-state index contributed by atoms with van der Waals surface area (Å²) >= 11 is 0. The Hall–Kier alpha value is -3.75. The Morgan fingerprint density at radius 1 is 0.861 bits per heavy atom. The zero-order valence-electron chi connectivity index (χ0n) is 17.6. The first-order valence-corrected chi connectivity index (χ1v) is 13.4. The molecule has 0 saturated carbocycles. The second kappa shape index (κ2) is 9.04. The highest BCUT2D eigenvalue weighted by molar-refractivity contribution is 7.87. The lowest BCUT2D eigenvalue weighted by molar-refractivity contribution is 0.0690. The molecule has 0 bridgehead atoms. The fourth-order valence-electron chi connectivity index (χ4n) is 2.90. The second-order valence-corrected chi connectivity index (χ2v) is 11.1. The van der Waals surface area contributed by atoms with E-state index in [0.717, 1.165) is 37.3 Å². The topological polar surface area (TPSA) is 263 Å². The van der Waals surface area contributed by atoms with Gasteiger partial charge in [-0.3, -0.25) is 13.7 Å². The summed E-state index contributed by atoms with van der Waals surface area (Å²) in [4.78, 5) is 9.16. The van der Waals surface area contributed by atoms with Gasteiger partial charge in [0.05, 0.1) is 15.5 Å². The van der Waals surface area contributed by atoms with Crippen molar-refractivity contribution in [2.24, 2.45) is 10.2 Å². The van der Waals surface area contributed by atoms with Gasteiger partial charge in [0, 0.05) is 0 Å². The van der Waals surface area contributed by atoms with Crippen molar-refractivity contribution in [3.8, 4) is 11.6 Å². The summed E-state index contributed by atoms with van der Waals surface area (Å²) in [5.74, 6) is -2.64. The summed E-state index contributed by atoms with van der Waals surface area (Å²) < 4.78 is 97.2. The Morgan fingerprint density at radius 2 is 1.42 bits per heavy atom. The largest absolute Gasteiger partial charge is 0.492 e. The van der Waals surface area contributed by atoms with Gasteiger partial charge in [-0.2, -0.15) is 35.0 Å². The number of rotatable bonds is 7. The van der Waals surface area contributed by atoms with Crippen molar-refractivity contribution in [1.29, 1.82) is 0 Å². The molecule has 0 radical (unpaired) electrons. The molecule has 1 heterocycles. The molecule has 192 valence electrons. The zero-order chi connectivity index (χ0) is 27.2. The van der Waals surface area contributed by atoms with E-state index in [1.54, 1.807) is 0 Å². The van der Waals surface area contributed by atoms with Crippen molar-refractivity contribution in [2.75, 3.05) is 0 Å². The Balaban J connectivity index is 2.18. The summed E-state index contributed by atoms with van der Waals surface area (Å²) in [5.41, 5.74) is -2.63. The smallest absolute Gasteiger partial charge is 0.358 e. The number of carbonyl (C=O) groups is 1. The van der Waals surface area contributed by atoms with E-state index < -0.39 is 74.0 Å². The SMILES string of the molecule is Cc1cc(/N=N/c2c(C(=O)O)nn(-c3ccc(S(=O)(=O)O)cc3)c2O)c(S(=O)(=O)O)cc1S(=O)(=O)O. The summed E-state index contributed by atoms with van der Waals surface area (Å²) in [7, 11) is -14.6. The molecule has 0 amide bonds. The van der Waals surface area contributed by atoms with E-state index in [1.165, 1.54) is 0 Å². The minimum atomic E-state index is -5.13. The van der Waals surface area contributed by atoms with Gasteiger partial charge in [0.2, 0.25) is 11.6 Å². The molecule has 0 fully saturated rings. The van der Waals surface area contributed by atoms with Crippen LogP contribution in [0.3, 0.4) is 0 Å². The van der Waals surface area contributed by atoms with Gasteiger partial charge in [-0.15, -0.1) is 10.2 Å². The third-order valence-corrected chi connectivity index (χ3v) is 7.23. The van der Waals surface area contributed by atoms with Crippen LogP contribution in [0.5, 0.6) is 5.88 Å². The summed E-state index contributed by atoms with van der Waals surface area (Å²) in [6.45, 7) is 1.16. The number of aromatic hydroxyl groups is 1. The van der Waals surface area contributed by atoms with Gasteiger partial charge in [0.15, 0.2) is 5.69 Å². The average molecular weight is 563 g/mol. The molecule has 36 heavy (non-hydrogen) atoms. The van der Waals surface area contributed by atoms with Crippen LogP contribution in [0, 0.1) is 6.92 Å². The molecule has 0 spiro atoms. The predicted molar refractivity (Wildman–Crippen MR) is 117 cm³/mol. The van der Waals surface area contributed by atoms with Gasteiger partial charge in [-0.05, 0) is 48.9 Å². The number of carboxylic acid groups (broad SMARTS) is 1. The van der Waals surface area contributed by atoms with Gasteiger partial charge in [-0.1, -0.05) is 0 Å². The van der Waals surface area contributed by atoms with Crippen LogP contribution in [0.25, 0.3) is 5.69 Å². The molecule has 5 N–H and O–H groups in total. The Morgan fingerprint density at radius 3 is 1.89 bits per heavy atom. The maximum Gasteiger partial charge on any atom is 0.358 e. The third kappa shape index (κ3) is 5.40. The number of benzene rings is 2.